The molecule has 1 amide bonds. The van der Waals surface area contributed by atoms with Crippen molar-refractivity contribution in [2.45, 2.75) is 26.9 Å². The van der Waals surface area contributed by atoms with E-state index in [-0.39, 0.29) is 12.0 Å². The average Bonchev–Trinajstić information content (AvgIpc) is 2.66. The van der Waals surface area contributed by atoms with Gasteiger partial charge in [-0.05, 0) is 68.8 Å². The summed E-state index contributed by atoms with van der Waals surface area (Å²) < 4.78 is 5.61. The van der Waals surface area contributed by atoms with E-state index in [1.54, 1.807) is 24.4 Å². The second-order valence-corrected chi connectivity index (χ2v) is 7.10. The number of nitrogens with one attached hydrogen (secondary N) is 2. The molecule has 0 saturated heterocycles. The number of nitrogens with zero attached hydrogens (tertiary/aromatic N) is 1. The number of pyridine rings is 1. The minimum atomic E-state index is -0.240. The number of aromatic nitrogens is 1. The van der Waals surface area contributed by atoms with Crippen LogP contribution in [0.25, 0.3) is 0 Å². The third kappa shape index (κ3) is 5.24. The van der Waals surface area contributed by atoms with Gasteiger partial charge in [0, 0.05) is 22.6 Å². The van der Waals surface area contributed by atoms with Crippen LogP contribution >= 0.6 is 11.6 Å². The van der Waals surface area contributed by atoms with Gasteiger partial charge in [0.05, 0.1) is 23.6 Å². The molecule has 0 aliphatic carbocycles. The molecule has 28 heavy (non-hydrogen) atoms. The van der Waals surface area contributed by atoms with Crippen LogP contribution in [0.3, 0.4) is 0 Å². The van der Waals surface area contributed by atoms with Gasteiger partial charge >= 0.3 is 0 Å². The molecule has 0 bridgehead atoms. The lowest BCUT2D eigenvalue weighted by Crippen LogP contribution is -2.12. The molecule has 2 aromatic carbocycles. The second-order valence-electron chi connectivity index (χ2n) is 6.70. The van der Waals surface area contributed by atoms with E-state index >= 15 is 0 Å². The molecule has 144 valence electrons. The Morgan fingerprint density at radius 3 is 2.39 bits per heavy atom. The molecule has 0 unspecified atom stereocenters. The number of anilines is 3. The van der Waals surface area contributed by atoms with E-state index in [0.29, 0.717) is 22.0 Å². The molecule has 0 aliphatic heterocycles. The van der Waals surface area contributed by atoms with Gasteiger partial charge < -0.3 is 15.4 Å². The molecule has 0 atom stereocenters. The quantitative estimate of drug-likeness (QED) is 0.551. The van der Waals surface area contributed by atoms with Gasteiger partial charge in [0.1, 0.15) is 5.75 Å². The molecule has 1 heterocycles. The summed E-state index contributed by atoms with van der Waals surface area (Å²) in [5, 5.41) is 6.75. The molecular weight excluding hydrogens is 374 g/mol. The summed E-state index contributed by atoms with van der Waals surface area (Å²) in [6.45, 7) is 5.88. The summed E-state index contributed by atoms with van der Waals surface area (Å²) in [5.74, 6) is 0.522. The van der Waals surface area contributed by atoms with E-state index in [9.17, 15) is 4.79 Å². The predicted octanol–water partition coefficient (Wildman–Crippen LogP) is 5.83. The Labute approximate surface area is 169 Å². The highest BCUT2D eigenvalue weighted by Crippen LogP contribution is 2.23. The van der Waals surface area contributed by atoms with Crippen molar-refractivity contribution in [3.05, 3.63) is 77.1 Å². The summed E-state index contributed by atoms with van der Waals surface area (Å²) in [6, 6.07) is 14.7. The Kier molecular flexibility index (Phi) is 6.16. The molecular formula is C22H22ClN3O2. The van der Waals surface area contributed by atoms with Gasteiger partial charge in [-0.3, -0.25) is 9.78 Å². The molecule has 0 spiro atoms. The molecule has 3 aromatic rings. The number of rotatable bonds is 6. The summed E-state index contributed by atoms with van der Waals surface area (Å²) in [4.78, 5) is 16.7. The minimum Gasteiger partial charge on any atom is -0.491 e. The molecule has 3 rings (SSSR count). The zero-order chi connectivity index (χ0) is 20.1. The van der Waals surface area contributed by atoms with Crippen LogP contribution in [-0.2, 0) is 0 Å². The monoisotopic (exact) mass is 395 g/mol. The maximum atomic E-state index is 12.5. The normalized spacial score (nSPS) is 10.6. The molecule has 0 radical (unpaired) electrons. The van der Waals surface area contributed by atoms with E-state index < -0.39 is 0 Å². The van der Waals surface area contributed by atoms with Crippen LogP contribution in [0.15, 0.2) is 60.9 Å². The zero-order valence-corrected chi connectivity index (χ0v) is 16.7. The first-order valence-electron chi connectivity index (χ1n) is 8.97. The first kappa shape index (κ1) is 19.7. The molecule has 2 N–H and O–H groups in total. The van der Waals surface area contributed by atoms with Gasteiger partial charge in [0.25, 0.3) is 5.91 Å². The Hall–Kier alpha value is -3.05. The summed E-state index contributed by atoms with van der Waals surface area (Å²) in [6.07, 6.45) is 3.28. The minimum absolute atomic E-state index is 0.102. The lowest BCUT2D eigenvalue weighted by Gasteiger charge is -2.11. The fourth-order valence-electron chi connectivity index (χ4n) is 2.56. The molecule has 0 saturated carbocycles. The van der Waals surface area contributed by atoms with E-state index in [2.05, 4.69) is 15.6 Å². The standard InChI is InChI=1S/C22H22ClN3O2/c1-14(2)28-20-8-6-17(7-9-20)26-22(27)16-10-19(13-24-12-16)25-18-5-4-15(3)21(23)11-18/h4-14,25H,1-3H3,(H,26,27). The van der Waals surface area contributed by atoms with E-state index in [0.717, 1.165) is 17.0 Å². The van der Waals surface area contributed by atoms with Gasteiger partial charge in [0.15, 0.2) is 0 Å². The van der Waals surface area contributed by atoms with Gasteiger partial charge in [0.2, 0.25) is 0 Å². The third-order valence-electron chi connectivity index (χ3n) is 3.94. The van der Waals surface area contributed by atoms with Crippen LogP contribution in [0.2, 0.25) is 5.02 Å². The Balaban J connectivity index is 1.68. The highest BCUT2D eigenvalue weighted by atomic mass is 35.5. The number of hydrogen-bond acceptors (Lipinski definition) is 4. The van der Waals surface area contributed by atoms with Crippen LogP contribution in [0.1, 0.15) is 29.8 Å². The number of benzene rings is 2. The fourth-order valence-corrected chi connectivity index (χ4v) is 2.74. The average molecular weight is 396 g/mol. The Bertz CT molecular complexity index is 972. The lowest BCUT2D eigenvalue weighted by molar-refractivity contribution is 0.102. The van der Waals surface area contributed by atoms with E-state index in [1.807, 2.05) is 51.1 Å². The zero-order valence-electron chi connectivity index (χ0n) is 16.0. The number of carbonyl (C=O) groups is 1. The highest BCUT2D eigenvalue weighted by molar-refractivity contribution is 6.31. The number of carbonyl (C=O) groups excluding carboxylic acids is 1. The number of aryl methyl sites for hydroxylation is 1. The maximum Gasteiger partial charge on any atom is 0.257 e. The Morgan fingerprint density at radius 2 is 1.71 bits per heavy atom. The van der Waals surface area contributed by atoms with Crippen LogP contribution < -0.4 is 15.4 Å². The van der Waals surface area contributed by atoms with Crippen molar-refractivity contribution >= 4 is 34.6 Å². The van der Waals surface area contributed by atoms with Crippen molar-refractivity contribution in [1.29, 1.82) is 0 Å². The van der Waals surface area contributed by atoms with Gasteiger partial charge in [-0.1, -0.05) is 17.7 Å². The maximum absolute atomic E-state index is 12.5. The van der Waals surface area contributed by atoms with Crippen LogP contribution in [-0.4, -0.2) is 17.0 Å². The highest BCUT2D eigenvalue weighted by Gasteiger charge is 2.09. The SMILES string of the molecule is Cc1ccc(Nc2cncc(C(=O)Nc3ccc(OC(C)C)cc3)c2)cc1Cl. The lowest BCUT2D eigenvalue weighted by atomic mass is 10.2. The van der Waals surface area contributed by atoms with Gasteiger partial charge in [-0.15, -0.1) is 0 Å². The van der Waals surface area contributed by atoms with Crippen molar-refractivity contribution in [2.75, 3.05) is 10.6 Å². The predicted molar refractivity (Wildman–Crippen MR) is 114 cm³/mol. The van der Waals surface area contributed by atoms with Crippen LogP contribution in [0, 0.1) is 6.92 Å². The van der Waals surface area contributed by atoms with Crippen LogP contribution in [0.4, 0.5) is 17.1 Å². The molecule has 5 nitrogen and oxygen atoms in total. The van der Waals surface area contributed by atoms with Crippen molar-refractivity contribution in [3.8, 4) is 5.75 Å². The van der Waals surface area contributed by atoms with Gasteiger partial charge in [-0.2, -0.15) is 0 Å². The molecule has 6 heteroatoms. The van der Waals surface area contributed by atoms with Gasteiger partial charge in [-0.25, -0.2) is 0 Å². The topological polar surface area (TPSA) is 63.2 Å². The summed E-state index contributed by atoms with van der Waals surface area (Å²) >= 11 is 6.16. The van der Waals surface area contributed by atoms with Crippen molar-refractivity contribution in [3.63, 3.8) is 0 Å². The summed E-state index contributed by atoms with van der Waals surface area (Å²) in [7, 11) is 0. The fraction of sp³-hybridized carbons (Fsp3) is 0.182. The summed E-state index contributed by atoms with van der Waals surface area (Å²) in [5.41, 5.74) is 3.67. The Morgan fingerprint density at radius 1 is 1.00 bits per heavy atom. The molecule has 0 aliphatic rings. The number of ether oxygens (including phenoxy) is 1. The van der Waals surface area contributed by atoms with E-state index in [1.165, 1.54) is 6.20 Å². The largest absolute Gasteiger partial charge is 0.491 e. The van der Waals surface area contributed by atoms with E-state index in [4.69, 9.17) is 16.3 Å². The number of halogens is 1. The van der Waals surface area contributed by atoms with Crippen molar-refractivity contribution < 1.29 is 9.53 Å². The first-order chi connectivity index (χ1) is 13.4. The first-order valence-corrected chi connectivity index (χ1v) is 9.35. The van der Waals surface area contributed by atoms with Crippen molar-refractivity contribution in [1.82, 2.24) is 4.98 Å². The third-order valence-corrected chi connectivity index (χ3v) is 4.35. The van der Waals surface area contributed by atoms with Crippen molar-refractivity contribution in [2.24, 2.45) is 0 Å². The number of amides is 1. The molecule has 0 fully saturated rings. The number of hydrogen-bond donors (Lipinski definition) is 2. The van der Waals surface area contributed by atoms with Crippen LogP contribution in [0.5, 0.6) is 5.75 Å². The molecule has 1 aromatic heterocycles. The second kappa shape index (κ2) is 8.76. The smallest absolute Gasteiger partial charge is 0.257 e.